The minimum absolute atomic E-state index is 0.305. The molecule has 0 aromatic heterocycles. The molecule has 104 valence electrons. The number of hydrazine groups is 1. The lowest BCUT2D eigenvalue weighted by Gasteiger charge is -2.22. The lowest BCUT2D eigenvalue weighted by atomic mass is 9.92. The van der Waals surface area contributed by atoms with Crippen molar-refractivity contribution in [3.05, 3.63) is 28.8 Å². The van der Waals surface area contributed by atoms with Crippen LogP contribution in [-0.4, -0.2) is 7.11 Å². The number of hydrogen-bond acceptors (Lipinski definition) is 3. The zero-order valence-corrected chi connectivity index (χ0v) is 12.1. The average Bonchev–Trinajstić information content (AvgIpc) is 2.86. The van der Waals surface area contributed by atoms with E-state index in [4.69, 9.17) is 10.6 Å². The second kappa shape index (κ2) is 4.80. The number of benzene rings is 1. The lowest BCUT2D eigenvalue weighted by Crippen LogP contribution is -2.31. The number of methoxy groups -OCH3 is 1. The minimum Gasteiger partial charge on any atom is -0.496 e. The molecule has 0 bridgehead atoms. The van der Waals surface area contributed by atoms with Crippen LogP contribution in [0.2, 0.25) is 0 Å². The molecule has 2 aliphatic carbocycles. The van der Waals surface area contributed by atoms with Gasteiger partial charge in [-0.3, -0.25) is 11.3 Å². The molecular formula is C16H24N2O. The zero-order valence-electron chi connectivity index (χ0n) is 12.1. The van der Waals surface area contributed by atoms with Gasteiger partial charge in [0.1, 0.15) is 5.75 Å². The Hall–Kier alpha value is -1.06. The van der Waals surface area contributed by atoms with Crippen LogP contribution in [0, 0.1) is 31.6 Å². The number of fused-ring (bicyclic) bond motifs is 1. The Balaban J connectivity index is 1.89. The van der Waals surface area contributed by atoms with Crippen LogP contribution in [0.3, 0.4) is 0 Å². The quantitative estimate of drug-likeness (QED) is 0.646. The Morgan fingerprint density at radius 2 is 1.89 bits per heavy atom. The van der Waals surface area contributed by atoms with Crippen molar-refractivity contribution < 1.29 is 4.74 Å². The Bertz CT molecular complexity index is 476. The van der Waals surface area contributed by atoms with Gasteiger partial charge in [0.2, 0.25) is 0 Å². The molecule has 3 atom stereocenters. The van der Waals surface area contributed by atoms with Crippen molar-refractivity contribution in [2.45, 2.75) is 39.2 Å². The van der Waals surface area contributed by atoms with E-state index in [-0.39, 0.29) is 0 Å². The zero-order chi connectivity index (χ0) is 13.6. The first-order valence-electron chi connectivity index (χ1n) is 7.28. The number of rotatable bonds is 4. The Labute approximate surface area is 115 Å². The second-order valence-corrected chi connectivity index (χ2v) is 6.16. The normalized spacial score (nSPS) is 30.0. The molecule has 0 aliphatic heterocycles. The predicted octanol–water partition coefficient (Wildman–Crippen LogP) is 2.86. The van der Waals surface area contributed by atoms with Gasteiger partial charge in [-0.25, -0.2) is 0 Å². The summed E-state index contributed by atoms with van der Waals surface area (Å²) in [6.45, 7) is 4.25. The summed E-state index contributed by atoms with van der Waals surface area (Å²) in [5.74, 6) is 9.37. The fourth-order valence-corrected chi connectivity index (χ4v) is 4.15. The molecule has 3 unspecified atom stereocenters. The number of nitrogens with two attached hydrogens (primary N) is 1. The molecule has 2 aliphatic rings. The summed E-state index contributed by atoms with van der Waals surface area (Å²) in [6, 6.07) is 4.68. The van der Waals surface area contributed by atoms with E-state index in [2.05, 4.69) is 31.4 Å². The van der Waals surface area contributed by atoms with Crippen LogP contribution >= 0.6 is 0 Å². The van der Waals surface area contributed by atoms with E-state index < -0.39 is 0 Å². The third kappa shape index (κ3) is 2.05. The molecule has 3 heteroatoms. The smallest absolute Gasteiger partial charge is 0.122 e. The van der Waals surface area contributed by atoms with Gasteiger partial charge in [-0.1, -0.05) is 12.5 Å². The van der Waals surface area contributed by atoms with E-state index in [0.717, 1.165) is 23.5 Å². The SMILES string of the molecule is COc1cc(C)c(C(NN)C2C3CCCC32)cc1C. The van der Waals surface area contributed by atoms with Crippen molar-refractivity contribution >= 4 is 0 Å². The fourth-order valence-electron chi connectivity index (χ4n) is 4.15. The maximum Gasteiger partial charge on any atom is 0.122 e. The Morgan fingerprint density at radius 1 is 1.21 bits per heavy atom. The number of ether oxygens (including phenoxy) is 1. The molecule has 2 fully saturated rings. The highest BCUT2D eigenvalue weighted by Crippen LogP contribution is 2.62. The number of hydrogen-bond donors (Lipinski definition) is 2. The van der Waals surface area contributed by atoms with Crippen molar-refractivity contribution in [1.82, 2.24) is 5.43 Å². The van der Waals surface area contributed by atoms with Crippen LogP contribution in [0.25, 0.3) is 0 Å². The van der Waals surface area contributed by atoms with Gasteiger partial charge in [-0.15, -0.1) is 0 Å². The molecule has 19 heavy (non-hydrogen) atoms. The molecule has 0 spiro atoms. The van der Waals surface area contributed by atoms with E-state index in [1.165, 1.54) is 36.0 Å². The van der Waals surface area contributed by atoms with Gasteiger partial charge in [0, 0.05) is 6.04 Å². The molecule has 0 heterocycles. The standard InChI is InChI=1S/C16H24N2O/c1-9-8-14(19-3)10(2)7-13(9)16(18-17)15-11-5-4-6-12(11)15/h7-8,11-12,15-16,18H,4-6,17H2,1-3H3. The van der Waals surface area contributed by atoms with Crippen molar-refractivity contribution in [1.29, 1.82) is 0 Å². The molecular weight excluding hydrogens is 236 g/mol. The average molecular weight is 260 g/mol. The van der Waals surface area contributed by atoms with E-state index in [1.807, 2.05) is 0 Å². The fraction of sp³-hybridized carbons (Fsp3) is 0.625. The topological polar surface area (TPSA) is 47.3 Å². The van der Waals surface area contributed by atoms with Gasteiger partial charge in [-0.05, 0) is 67.2 Å². The Kier molecular flexibility index (Phi) is 3.27. The Morgan fingerprint density at radius 3 is 2.47 bits per heavy atom. The van der Waals surface area contributed by atoms with Gasteiger partial charge in [0.15, 0.2) is 0 Å². The van der Waals surface area contributed by atoms with Crippen molar-refractivity contribution in [2.75, 3.05) is 7.11 Å². The number of aryl methyl sites for hydroxylation is 2. The van der Waals surface area contributed by atoms with Gasteiger partial charge < -0.3 is 4.74 Å². The summed E-state index contributed by atoms with van der Waals surface area (Å²) in [5.41, 5.74) is 6.88. The summed E-state index contributed by atoms with van der Waals surface area (Å²) in [5, 5.41) is 0. The van der Waals surface area contributed by atoms with Gasteiger partial charge >= 0.3 is 0 Å². The van der Waals surface area contributed by atoms with Crippen LogP contribution in [0.4, 0.5) is 0 Å². The van der Waals surface area contributed by atoms with Crippen molar-refractivity contribution in [3.8, 4) is 5.75 Å². The van der Waals surface area contributed by atoms with Crippen LogP contribution in [0.15, 0.2) is 12.1 Å². The lowest BCUT2D eigenvalue weighted by molar-refractivity contribution is 0.406. The monoisotopic (exact) mass is 260 g/mol. The summed E-state index contributed by atoms with van der Waals surface area (Å²) < 4.78 is 5.39. The van der Waals surface area contributed by atoms with Crippen molar-refractivity contribution in [2.24, 2.45) is 23.6 Å². The molecule has 1 aromatic rings. The molecule has 0 saturated heterocycles. The summed E-state index contributed by atoms with van der Waals surface area (Å²) in [6.07, 6.45) is 4.19. The van der Waals surface area contributed by atoms with Crippen molar-refractivity contribution in [3.63, 3.8) is 0 Å². The molecule has 2 saturated carbocycles. The highest BCUT2D eigenvalue weighted by Gasteiger charge is 2.56. The first-order chi connectivity index (χ1) is 9.17. The van der Waals surface area contributed by atoms with E-state index in [9.17, 15) is 0 Å². The number of nitrogens with one attached hydrogen (secondary N) is 1. The molecule has 3 N–H and O–H groups in total. The second-order valence-electron chi connectivity index (χ2n) is 6.16. The van der Waals surface area contributed by atoms with Crippen LogP contribution in [0.5, 0.6) is 5.75 Å². The highest BCUT2D eigenvalue weighted by molar-refractivity contribution is 5.43. The van der Waals surface area contributed by atoms with Gasteiger partial charge in [0.25, 0.3) is 0 Å². The van der Waals surface area contributed by atoms with E-state index >= 15 is 0 Å². The van der Waals surface area contributed by atoms with E-state index in [1.54, 1.807) is 7.11 Å². The summed E-state index contributed by atoms with van der Waals surface area (Å²) in [7, 11) is 1.73. The first-order valence-corrected chi connectivity index (χ1v) is 7.28. The third-order valence-electron chi connectivity index (χ3n) is 5.16. The minimum atomic E-state index is 0.305. The molecule has 0 radical (unpaired) electrons. The summed E-state index contributed by atoms with van der Waals surface area (Å²) in [4.78, 5) is 0. The van der Waals surface area contributed by atoms with Crippen LogP contribution in [0.1, 0.15) is 42.0 Å². The highest BCUT2D eigenvalue weighted by atomic mass is 16.5. The van der Waals surface area contributed by atoms with Gasteiger partial charge in [0.05, 0.1) is 7.11 Å². The molecule has 3 rings (SSSR count). The van der Waals surface area contributed by atoms with E-state index in [0.29, 0.717) is 6.04 Å². The summed E-state index contributed by atoms with van der Waals surface area (Å²) >= 11 is 0. The molecule has 3 nitrogen and oxygen atoms in total. The molecule has 0 amide bonds. The van der Waals surface area contributed by atoms with Crippen LogP contribution in [-0.2, 0) is 0 Å². The van der Waals surface area contributed by atoms with Crippen LogP contribution < -0.4 is 16.0 Å². The maximum absolute atomic E-state index is 5.86. The largest absolute Gasteiger partial charge is 0.496 e. The van der Waals surface area contributed by atoms with Gasteiger partial charge in [-0.2, -0.15) is 0 Å². The maximum atomic E-state index is 5.86. The predicted molar refractivity (Wildman–Crippen MR) is 76.9 cm³/mol. The third-order valence-corrected chi connectivity index (χ3v) is 5.16. The molecule has 1 aromatic carbocycles. The first kappa shape index (κ1) is 12.9.